The maximum Gasteiger partial charge on any atom is 0.410 e. The third kappa shape index (κ3) is 3.69. The predicted octanol–water partition coefficient (Wildman–Crippen LogP) is 2.43. The van der Waals surface area contributed by atoms with Crippen molar-refractivity contribution in [2.75, 3.05) is 13.1 Å². The highest BCUT2D eigenvalue weighted by Gasteiger charge is 2.41. The molecule has 2 rings (SSSR count). The molecule has 2 N–H and O–H groups in total. The third-order valence-electron chi connectivity index (χ3n) is 3.61. The first-order valence-corrected chi connectivity index (χ1v) is 7.17. The van der Waals surface area contributed by atoms with Crippen LogP contribution in [0.3, 0.4) is 0 Å². The van der Waals surface area contributed by atoms with Crippen LogP contribution in [-0.4, -0.2) is 45.9 Å². The summed E-state index contributed by atoms with van der Waals surface area (Å²) >= 11 is 0. The van der Waals surface area contributed by atoms with Crippen LogP contribution in [0.1, 0.15) is 32.3 Å². The second-order valence-electron chi connectivity index (χ2n) is 6.53. The maximum absolute atomic E-state index is 12.1. The van der Waals surface area contributed by atoms with Crippen LogP contribution >= 0.6 is 0 Å². The van der Waals surface area contributed by atoms with Crippen molar-refractivity contribution in [1.82, 2.24) is 4.90 Å². The van der Waals surface area contributed by atoms with E-state index in [0.717, 1.165) is 5.56 Å². The zero-order valence-corrected chi connectivity index (χ0v) is 12.9. The SMILES string of the molecule is CC(C)(C)OC(=O)N1C[C@H](C(=O)O)[C@H](c2ccc(O)cc2)C1. The minimum Gasteiger partial charge on any atom is -0.508 e. The van der Waals surface area contributed by atoms with Crippen molar-refractivity contribution in [2.24, 2.45) is 5.92 Å². The number of phenolic OH excluding ortho intramolecular Hbond substituents is 1. The van der Waals surface area contributed by atoms with Gasteiger partial charge in [-0.15, -0.1) is 0 Å². The highest BCUT2D eigenvalue weighted by atomic mass is 16.6. The quantitative estimate of drug-likeness (QED) is 0.876. The summed E-state index contributed by atoms with van der Waals surface area (Å²) in [6.07, 6.45) is -0.500. The Bertz CT molecular complexity index is 561. The summed E-state index contributed by atoms with van der Waals surface area (Å²) in [6, 6.07) is 6.41. The number of nitrogens with zero attached hydrogens (tertiary/aromatic N) is 1. The molecule has 0 spiro atoms. The van der Waals surface area contributed by atoms with E-state index in [2.05, 4.69) is 0 Å². The zero-order chi connectivity index (χ0) is 16.5. The van der Waals surface area contributed by atoms with Crippen molar-refractivity contribution < 1.29 is 24.5 Å². The number of benzene rings is 1. The molecule has 1 aromatic rings. The van der Waals surface area contributed by atoms with Gasteiger partial charge < -0.3 is 19.8 Å². The van der Waals surface area contributed by atoms with E-state index in [1.807, 2.05) is 0 Å². The molecule has 1 amide bonds. The molecule has 6 nitrogen and oxygen atoms in total. The van der Waals surface area contributed by atoms with Crippen LogP contribution in [0.25, 0.3) is 0 Å². The topological polar surface area (TPSA) is 87.1 Å². The molecule has 0 aromatic heterocycles. The van der Waals surface area contributed by atoms with Gasteiger partial charge in [0.05, 0.1) is 5.92 Å². The molecule has 22 heavy (non-hydrogen) atoms. The van der Waals surface area contributed by atoms with Crippen molar-refractivity contribution >= 4 is 12.1 Å². The number of aromatic hydroxyl groups is 1. The van der Waals surface area contributed by atoms with Crippen molar-refractivity contribution in [2.45, 2.75) is 32.3 Å². The Hall–Kier alpha value is -2.24. The van der Waals surface area contributed by atoms with E-state index in [1.54, 1.807) is 32.9 Å². The number of ether oxygens (including phenoxy) is 1. The molecule has 120 valence electrons. The van der Waals surface area contributed by atoms with Crippen molar-refractivity contribution in [3.05, 3.63) is 29.8 Å². The molecule has 1 aliphatic heterocycles. The van der Waals surface area contributed by atoms with Gasteiger partial charge in [0.2, 0.25) is 0 Å². The van der Waals surface area contributed by atoms with E-state index >= 15 is 0 Å². The van der Waals surface area contributed by atoms with Gasteiger partial charge in [0.1, 0.15) is 11.4 Å². The molecule has 2 atom stereocenters. The molecule has 1 fully saturated rings. The highest BCUT2D eigenvalue weighted by molar-refractivity contribution is 5.76. The Morgan fingerprint density at radius 2 is 1.77 bits per heavy atom. The Balaban J connectivity index is 2.18. The summed E-state index contributed by atoms with van der Waals surface area (Å²) in [7, 11) is 0. The summed E-state index contributed by atoms with van der Waals surface area (Å²) in [6.45, 7) is 5.72. The lowest BCUT2D eigenvalue weighted by atomic mass is 9.89. The average molecular weight is 307 g/mol. The molecule has 0 bridgehead atoms. The maximum atomic E-state index is 12.1. The van der Waals surface area contributed by atoms with Crippen LogP contribution < -0.4 is 0 Å². The Morgan fingerprint density at radius 3 is 2.27 bits per heavy atom. The number of hydrogen-bond donors (Lipinski definition) is 2. The van der Waals surface area contributed by atoms with Crippen molar-refractivity contribution in [3.8, 4) is 5.75 Å². The monoisotopic (exact) mass is 307 g/mol. The standard InChI is InChI=1S/C16H21NO5/c1-16(2,3)22-15(21)17-8-12(13(9-17)14(19)20)10-4-6-11(18)7-5-10/h4-7,12-13,18H,8-9H2,1-3H3,(H,19,20)/t12-,13-/m0/s1. The fourth-order valence-electron chi connectivity index (χ4n) is 2.59. The molecule has 0 radical (unpaired) electrons. The van der Waals surface area contributed by atoms with Gasteiger partial charge in [-0.25, -0.2) is 4.79 Å². The minimum absolute atomic E-state index is 0.121. The molecule has 6 heteroatoms. The zero-order valence-electron chi connectivity index (χ0n) is 12.9. The Morgan fingerprint density at radius 1 is 1.18 bits per heavy atom. The molecular formula is C16H21NO5. The molecule has 0 aliphatic carbocycles. The first kappa shape index (κ1) is 16.1. The second kappa shape index (κ2) is 5.87. The fraction of sp³-hybridized carbons (Fsp3) is 0.500. The summed E-state index contributed by atoms with van der Waals surface area (Å²) < 4.78 is 5.31. The van der Waals surface area contributed by atoms with Crippen LogP contribution in [-0.2, 0) is 9.53 Å². The number of carboxylic acids is 1. The van der Waals surface area contributed by atoms with Gasteiger partial charge in [0.25, 0.3) is 0 Å². The van der Waals surface area contributed by atoms with E-state index in [4.69, 9.17) is 4.74 Å². The Labute approximate surface area is 129 Å². The predicted molar refractivity (Wildman–Crippen MR) is 79.8 cm³/mol. The summed E-state index contributed by atoms with van der Waals surface area (Å²) in [5.41, 5.74) is 0.170. The van der Waals surface area contributed by atoms with Crippen molar-refractivity contribution in [3.63, 3.8) is 0 Å². The summed E-state index contributed by atoms with van der Waals surface area (Å²) in [5.74, 6) is -1.82. The molecule has 0 unspecified atom stereocenters. The number of carbonyl (C=O) groups is 2. The van der Waals surface area contributed by atoms with Crippen molar-refractivity contribution in [1.29, 1.82) is 0 Å². The molecule has 1 aliphatic rings. The number of rotatable bonds is 2. The number of hydrogen-bond acceptors (Lipinski definition) is 4. The van der Waals surface area contributed by atoms with E-state index in [0.29, 0.717) is 0 Å². The molecule has 1 aromatic carbocycles. The van der Waals surface area contributed by atoms with E-state index < -0.39 is 23.6 Å². The van der Waals surface area contributed by atoms with E-state index in [9.17, 15) is 19.8 Å². The molecule has 0 saturated carbocycles. The molecular weight excluding hydrogens is 286 g/mol. The van der Waals surface area contributed by atoms with Crippen LogP contribution in [0.2, 0.25) is 0 Å². The normalized spacial score (nSPS) is 21.7. The van der Waals surface area contributed by atoms with Gasteiger partial charge in [-0.2, -0.15) is 0 Å². The number of carboxylic acid groups (broad SMARTS) is 1. The number of phenols is 1. The minimum atomic E-state index is -0.941. The van der Waals surface area contributed by atoms with Gasteiger partial charge in [-0.05, 0) is 38.5 Å². The van der Waals surface area contributed by atoms with Gasteiger partial charge >= 0.3 is 12.1 Å². The van der Waals surface area contributed by atoms with Gasteiger partial charge in [-0.1, -0.05) is 12.1 Å². The first-order valence-electron chi connectivity index (χ1n) is 7.17. The van der Waals surface area contributed by atoms with Gasteiger partial charge in [0, 0.05) is 19.0 Å². The number of carbonyl (C=O) groups excluding carboxylic acids is 1. The number of amides is 1. The van der Waals surface area contributed by atoms with E-state index in [1.165, 1.54) is 17.0 Å². The number of aliphatic carboxylic acids is 1. The van der Waals surface area contributed by atoms with Crippen LogP contribution in [0, 0.1) is 5.92 Å². The highest BCUT2D eigenvalue weighted by Crippen LogP contribution is 2.34. The third-order valence-corrected chi connectivity index (χ3v) is 3.61. The lowest BCUT2D eigenvalue weighted by Crippen LogP contribution is -2.35. The largest absolute Gasteiger partial charge is 0.508 e. The van der Waals surface area contributed by atoms with Gasteiger partial charge in [0.15, 0.2) is 0 Å². The molecule has 1 saturated heterocycles. The van der Waals surface area contributed by atoms with Crippen LogP contribution in [0.4, 0.5) is 4.79 Å². The molecule has 1 heterocycles. The smallest absolute Gasteiger partial charge is 0.410 e. The Kier molecular flexibility index (Phi) is 4.30. The van der Waals surface area contributed by atoms with Crippen LogP contribution in [0.15, 0.2) is 24.3 Å². The lowest BCUT2D eigenvalue weighted by molar-refractivity contribution is -0.141. The second-order valence-corrected chi connectivity index (χ2v) is 6.53. The van der Waals surface area contributed by atoms with E-state index in [-0.39, 0.29) is 24.8 Å². The van der Waals surface area contributed by atoms with Gasteiger partial charge in [-0.3, -0.25) is 4.79 Å². The summed E-state index contributed by atoms with van der Waals surface area (Å²) in [5, 5.41) is 18.7. The van der Waals surface area contributed by atoms with Crippen LogP contribution in [0.5, 0.6) is 5.75 Å². The first-order chi connectivity index (χ1) is 10.2. The summed E-state index contributed by atoms with van der Waals surface area (Å²) in [4.78, 5) is 25.0. The fourth-order valence-corrected chi connectivity index (χ4v) is 2.59. The lowest BCUT2D eigenvalue weighted by Gasteiger charge is -2.24. The number of likely N-dealkylation sites (tertiary alicyclic amines) is 1. The average Bonchev–Trinajstić information content (AvgIpc) is 2.83.